The summed E-state index contributed by atoms with van der Waals surface area (Å²) in [5, 5.41) is 4.42. The van der Waals surface area contributed by atoms with Gasteiger partial charge < -0.3 is 5.32 Å². The van der Waals surface area contributed by atoms with Gasteiger partial charge in [-0.2, -0.15) is 0 Å². The molecule has 0 amide bonds. The number of rotatable bonds is 4. The Kier molecular flexibility index (Phi) is 5.30. The lowest BCUT2D eigenvalue weighted by Gasteiger charge is -2.18. The Hall–Kier alpha value is -0.770. The number of anilines is 1. The van der Waals surface area contributed by atoms with Crippen LogP contribution in [0.4, 0.5) is 10.1 Å². The van der Waals surface area contributed by atoms with E-state index in [1.54, 1.807) is 24.3 Å². The summed E-state index contributed by atoms with van der Waals surface area (Å²) < 4.78 is 13.7. The number of nitrogens with one attached hydrogen (secondary N) is 1. The second-order valence-corrected chi connectivity index (χ2v) is 6.35. The van der Waals surface area contributed by atoms with Gasteiger partial charge in [0.25, 0.3) is 0 Å². The topological polar surface area (TPSA) is 12.0 Å². The zero-order valence-corrected chi connectivity index (χ0v) is 13.9. The van der Waals surface area contributed by atoms with Gasteiger partial charge in [0.15, 0.2) is 0 Å². The van der Waals surface area contributed by atoms with Crippen LogP contribution in [0, 0.1) is 5.82 Å². The first-order chi connectivity index (χ1) is 9.45. The molecule has 0 heterocycles. The monoisotopic (exact) mass is 375 g/mol. The van der Waals surface area contributed by atoms with Gasteiger partial charge in [-0.25, -0.2) is 4.39 Å². The van der Waals surface area contributed by atoms with Crippen LogP contribution in [0.3, 0.4) is 0 Å². The number of hydrogen-bond donors (Lipinski definition) is 1. The van der Waals surface area contributed by atoms with Gasteiger partial charge in [0.05, 0.1) is 15.7 Å². The van der Waals surface area contributed by atoms with Crippen LogP contribution < -0.4 is 5.32 Å². The van der Waals surface area contributed by atoms with Crippen LogP contribution in [0.25, 0.3) is 0 Å². The van der Waals surface area contributed by atoms with Gasteiger partial charge in [0.2, 0.25) is 0 Å². The van der Waals surface area contributed by atoms with Gasteiger partial charge in [-0.1, -0.05) is 51.3 Å². The molecule has 1 nitrogen and oxygen atoms in total. The first kappa shape index (κ1) is 15.6. The molecule has 0 aliphatic rings. The van der Waals surface area contributed by atoms with Gasteiger partial charge in [-0.3, -0.25) is 0 Å². The van der Waals surface area contributed by atoms with E-state index in [0.717, 1.165) is 16.5 Å². The van der Waals surface area contributed by atoms with E-state index >= 15 is 0 Å². The van der Waals surface area contributed by atoms with Crippen molar-refractivity contribution in [2.45, 2.75) is 19.4 Å². The molecule has 0 radical (unpaired) electrons. The summed E-state index contributed by atoms with van der Waals surface area (Å²) in [7, 11) is 0. The van der Waals surface area contributed by atoms with Crippen molar-refractivity contribution >= 4 is 44.8 Å². The molecule has 0 aliphatic carbocycles. The third-order valence-electron chi connectivity index (χ3n) is 2.85. The van der Waals surface area contributed by atoms with Crippen LogP contribution in [-0.2, 0) is 6.42 Å². The van der Waals surface area contributed by atoms with Crippen molar-refractivity contribution in [2.24, 2.45) is 0 Å². The number of hydrogen-bond acceptors (Lipinski definition) is 1. The second-order valence-electron chi connectivity index (χ2n) is 4.62. The molecule has 0 fully saturated rings. The third kappa shape index (κ3) is 4.11. The summed E-state index contributed by atoms with van der Waals surface area (Å²) in [4.78, 5) is 0. The maximum Gasteiger partial charge on any atom is 0.123 e. The summed E-state index contributed by atoms with van der Waals surface area (Å²) in [5.74, 6) is -0.228. The van der Waals surface area contributed by atoms with Crippen molar-refractivity contribution in [3.8, 4) is 0 Å². The summed E-state index contributed by atoms with van der Waals surface area (Å²) in [6, 6.07) is 10.2. The van der Waals surface area contributed by atoms with E-state index in [9.17, 15) is 4.39 Å². The minimum Gasteiger partial charge on any atom is -0.380 e. The van der Waals surface area contributed by atoms with Crippen molar-refractivity contribution in [1.29, 1.82) is 0 Å². The molecule has 1 atom stereocenters. The van der Waals surface area contributed by atoms with Crippen LogP contribution in [0.1, 0.15) is 12.5 Å². The smallest absolute Gasteiger partial charge is 0.123 e. The van der Waals surface area contributed by atoms with Crippen LogP contribution in [0.2, 0.25) is 10.0 Å². The van der Waals surface area contributed by atoms with E-state index in [0.29, 0.717) is 15.7 Å². The molecule has 0 saturated carbocycles. The lowest BCUT2D eigenvalue weighted by Crippen LogP contribution is -2.18. The molecule has 106 valence electrons. The number of halogens is 4. The Labute approximate surface area is 136 Å². The van der Waals surface area contributed by atoms with Crippen molar-refractivity contribution in [2.75, 3.05) is 5.32 Å². The van der Waals surface area contributed by atoms with E-state index in [4.69, 9.17) is 23.2 Å². The molecule has 2 aromatic rings. The van der Waals surface area contributed by atoms with Gasteiger partial charge in [0.1, 0.15) is 5.82 Å². The lowest BCUT2D eigenvalue weighted by atomic mass is 10.1. The molecule has 0 aliphatic heterocycles. The van der Waals surface area contributed by atoms with Gasteiger partial charge in [-0.05, 0) is 43.2 Å². The van der Waals surface area contributed by atoms with Gasteiger partial charge in [0, 0.05) is 10.5 Å². The molecular formula is C15H13BrCl2FN. The standard InChI is InChI=1S/C15H13BrCl2FN/c1-9(6-10-2-4-12(19)5-3-10)20-15-13(17)7-11(16)8-14(15)18/h2-5,7-9,20H,6H2,1H3. The highest BCUT2D eigenvalue weighted by atomic mass is 79.9. The molecule has 0 spiro atoms. The highest BCUT2D eigenvalue weighted by molar-refractivity contribution is 9.10. The Morgan fingerprint density at radius 2 is 1.70 bits per heavy atom. The van der Waals surface area contributed by atoms with Crippen LogP contribution in [0.15, 0.2) is 40.9 Å². The van der Waals surface area contributed by atoms with Crippen LogP contribution in [0.5, 0.6) is 0 Å². The van der Waals surface area contributed by atoms with Crippen LogP contribution >= 0.6 is 39.1 Å². The largest absolute Gasteiger partial charge is 0.380 e. The highest BCUT2D eigenvalue weighted by Crippen LogP contribution is 2.34. The van der Waals surface area contributed by atoms with E-state index < -0.39 is 0 Å². The summed E-state index contributed by atoms with van der Waals surface area (Å²) in [5.41, 5.74) is 1.77. The van der Waals surface area contributed by atoms with E-state index in [2.05, 4.69) is 21.2 Å². The van der Waals surface area contributed by atoms with E-state index in [1.807, 2.05) is 6.92 Å². The molecule has 0 saturated heterocycles. The first-order valence-electron chi connectivity index (χ1n) is 6.11. The summed E-state index contributed by atoms with van der Waals surface area (Å²) in [6.07, 6.45) is 0.753. The number of benzene rings is 2. The average Bonchev–Trinajstić information content (AvgIpc) is 2.36. The first-order valence-corrected chi connectivity index (χ1v) is 7.66. The fourth-order valence-corrected chi connectivity index (χ4v) is 3.27. The molecule has 0 aromatic heterocycles. The van der Waals surface area contributed by atoms with Crippen molar-refractivity contribution in [3.63, 3.8) is 0 Å². The fraction of sp³-hybridized carbons (Fsp3) is 0.200. The molecule has 1 N–H and O–H groups in total. The van der Waals surface area contributed by atoms with Gasteiger partial charge in [-0.15, -0.1) is 0 Å². The molecule has 20 heavy (non-hydrogen) atoms. The predicted octanol–water partition coefficient (Wildman–Crippen LogP) is 5.94. The quantitative estimate of drug-likeness (QED) is 0.696. The molecule has 1 unspecified atom stereocenters. The third-order valence-corrected chi connectivity index (χ3v) is 3.91. The second kappa shape index (κ2) is 6.79. The van der Waals surface area contributed by atoms with Crippen LogP contribution in [-0.4, -0.2) is 6.04 Å². The maximum absolute atomic E-state index is 12.9. The molecule has 5 heteroatoms. The molecule has 2 rings (SSSR count). The Morgan fingerprint density at radius 1 is 1.15 bits per heavy atom. The molecular weight excluding hydrogens is 364 g/mol. The lowest BCUT2D eigenvalue weighted by molar-refractivity contribution is 0.626. The normalized spacial score (nSPS) is 12.2. The maximum atomic E-state index is 12.9. The Bertz CT molecular complexity index is 578. The van der Waals surface area contributed by atoms with Crippen molar-refractivity contribution < 1.29 is 4.39 Å². The summed E-state index contributed by atoms with van der Waals surface area (Å²) >= 11 is 15.7. The van der Waals surface area contributed by atoms with Crippen molar-refractivity contribution in [1.82, 2.24) is 0 Å². The minimum absolute atomic E-state index is 0.122. The predicted molar refractivity (Wildman–Crippen MR) is 87.4 cm³/mol. The molecule has 0 bridgehead atoms. The Morgan fingerprint density at radius 3 is 2.25 bits per heavy atom. The van der Waals surface area contributed by atoms with Crippen molar-refractivity contribution in [3.05, 3.63) is 62.3 Å². The SMILES string of the molecule is CC(Cc1ccc(F)cc1)Nc1c(Cl)cc(Br)cc1Cl. The highest BCUT2D eigenvalue weighted by Gasteiger charge is 2.11. The zero-order valence-electron chi connectivity index (χ0n) is 10.8. The van der Waals surface area contributed by atoms with E-state index in [1.165, 1.54) is 12.1 Å². The minimum atomic E-state index is -0.228. The average molecular weight is 377 g/mol. The summed E-state index contributed by atoms with van der Waals surface area (Å²) in [6.45, 7) is 2.03. The fourth-order valence-electron chi connectivity index (χ4n) is 1.95. The Balaban J connectivity index is 2.08. The van der Waals surface area contributed by atoms with E-state index in [-0.39, 0.29) is 11.9 Å². The molecule has 2 aromatic carbocycles. The zero-order chi connectivity index (χ0) is 14.7. The van der Waals surface area contributed by atoms with Gasteiger partial charge >= 0.3 is 0 Å².